The van der Waals surface area contributed by atoms with Crippen molar-refractivity contribution in [3.63, 3.8) is 0 Å². The van der Waals surface area contributed by atoms with Crippen molar-refractivity contribution < 1.29 is 10.2 Å². The van der Waals surface area contributed by atoms with Gasteiger partial charge >= 0.3 is 0 Å². The fourth-order valence-electron chi connectivity index (χ4n) is 3.34. The van der Waals surface area contributed by atoms with Crippen molar-refractivity contribution in [2.24, 2.45) is 17.8 Å². The van der Waals surface area contributed by atoms with Crippen molar-refractivity contribution in [2.45, 2.75) is 63.4 Å². The molecular weight excluding hydrogens is 232 g/mol. The van der Waals surface area contributed by atoms with Gasteiger partial charge in [0.2, 0.25) is 0 Å². The molecule has 0 aromatic heterocycles. The van der Waals surface area contributed by atoms with Crippen LogP contribution in [0.1, 0.15) is 46.0 Å². The third-order valence-electron chi connectivity index (χ3n) is 4.55. The lowest BCUT2D eigenvalue weighted by Gasteiger charge is -2.23. The van der Waals surface area contributed by atoms with Crippen molar-refractivity contribution in [1.82, 2.24) is 0 Å². The average Bonchev–Trinajstić information content (AvgIpc) is 2.82. The lowest BCUT2D eigenvalue weighted by atomic mass is 9.91. The van der Waals surface area contributed by atoms with Crippen LogP contribution >= 0.6 is 11.8 Å². The fourth-order valence-corrected chi connectivity index (χ4v) is 4.88. The van der Waals surface area contributed by atoms with Crippen LogP contribution in [-0.4, -0.2) is 33.4 Å². The van der Waals surface area contributed by atoms with E-state index in [4.69, 9.17) is 0 Å². The largest absolute Gasteiger partial charge is 0.393 e. The molecule has 0 heterocycles. The zero-order valence-electron chi connectivity index (χ0n) is 11.0. The maximum atomic E-state index is 10.3. The summed E-state index contributed by atoms with van der Waals surface area (Å²) in [6.07, 6.45) is 5.31. The Morgan fingerprint density at radius 1 is 1.12 bits per heavy atom. The van der Waals surface area contributed by atoms with Gasteiger partial charge in [-0.25, -0.2) is 0 Å². The van der Waals surface area contributed by atoms with Crippen LogP contribution in [0.3, 0.4) is 0 Å². The summed E-state index contributed by atoms with van der Waals surface area (Å²) in [6, 6.07) is 0. The van der Waals surface area contributed by atoms with Crippen LogP contribution in [0.5, 0.6) is 0 Å². The fraction of sp³-hybridized carbons (Fsp3) is 1.00. The van der Waals surface area contributed by atoms with Gasteiger partial charge in [-0.05, 0) is 55.6 Å². The number of hydrogen-bond donors (Lipinski definition) is 2. The summed E-state index contributed by atoms with van der Waals surface area (Å²) in [5.41, 5.74) is 0. The minimum atomic E-state index is -0.0890. The number of aliphatic hydroxyl groups is 2. The minimum absolute atomic E-state index is 0.0654. The van der Waals surface area contributed by atoms with Crippen LogP contribution < -0.4 is 0 Å². The van der Waals surface area contributed by atoms with Crippen molar-refractivity contribution in [3.05, 3.63) is 0 Å². The number of hydrogen-bond acceptors (Lipinski definition) is 3. The topological polar surface area (TPSA) is 40.5 Å². The lowest BCUT2D eigenvalue weighted by Crippen LogP contribution is -2.26. The summed E-state index contributed by atoms with van der Waals surface area (Å²) < 4.78 is 0. The summed E-state index contributed by atoms with van der Waals surface area (Å²) in [5.74, 6) is 2.69. The molecule has 0 saturated heterocycles. The molecule has 2 fully saturated rings. The first kappa shape index (κ1) is 13.7. The van der Waals surface area contributed by atoms with Crippen LogP contribution in [0.2, 0.25) is 0 Å². The van der Waals surface area contributed by atoms with Gasteiger partial charge < -0.3 is 10.2 Å². The average molecular weight is 258 g/mol. The molecule has 2 nitrogen and oxygen atoms in total. The van der Waals surface area contributed by atoms with E-state index in [0.29, 0.717) is 23.0 Å². The predicted molar refractivity (Wildman–Crippen MR) is 73.2 cm³/mol. The molecule has 2 aliphatic carbocycles. The van der Waals surface area contributed by atoms with Crippen molar-refractivity contribution in [1.29, 1.82) is 0 Å². The van der Waals surface area contributed by atoms with E-state index in [1.165, 1.54) is 12.8 Å². The molecule has 0 radical (unpaired) electrons. The smallest absolute Gasteiger partial charge is 0.0606 e. The predicted octanol–water partition coefficient (Wildman–Crippen LogP) is 2.68. The highest BCUT2D eigenvalue weighted by atomic mass is 32.2. The van der Waals surface area contributed by atoms with Gasteiger partial charge in [0, 0.05) is 5.25 Å². The van der Waals surface area contributed by atoms with Gasteiger partial charge in [-0.3, -0.25) is 0 Å². The van der Waals surface area contributed by atoms with E-state index in [9.17, 15) is 10.2 Å². The molecule has 2 rings (SSSR count). The molecule has 2 N–H and O–H groups in total. The Balaban J connectivity index is 1.73. The summed E-state index contributed by atoms with van der Waals surface area (Å²) >= 11 is 1.98. The molecule has 2 saturated carbocycles. The van der Waals surface area contributed by atoms with Crippen LogP contribution in [0, 0.1) is 17.8 Å². The highest BCUT2D eigenvalue weighted by molar-refractivity contribution is 7.99. The van der Waals surface area contributed by atoms with Crippen LogP contribution in [0.4, 0.5) is 0 Å². The molecule has 5 unspecified atom stereocenters. The Labute approximate surface area is 109 Å². The van der Waals surface area contributed by atoms with Crippen LogP contribution in [0.25, 0.3) is 0 Å². The van der Waals surface area contributed by atoms with Crippen molar-refractivity contribution >= 4 is 11.8 Å². The zero-order valence-corrected chi connectivity index (χ0v) is 11.8. The third kappa shape index (κ3) is 3.39. The zero-order chi connectivity index (χ0) is 12.4. The molecule has 0 amide bonds. The highest BCUT2D eigenvalue weighted by Gasteiger charge is 2.36. The summed E-state index contributed by atoms with van der Waals surface area (Å²) in [7, 11) is 0. The Morgan fingerprint density at radius 2 is 1.88 bits per heavy atom. The first-order valence-corrected chi connectivity index (χ1v) is 8.10. The quantitative estimate of drug-likeness (QED) is 0.814. The maximum Gasteiger partial charge on any atom is 0.0606 e. The van der Waals surface area contributed by atoms with Gasteiger partial charge in [0.25, 0.3) is 0 Å². The van der Waals surface area contributed by atoms with Gasteiger partial charge in [0.1, 0.15) is 0 Å². The van der Waals surface area contributed by atoms with Crippen LogP contribution in [0.15, 0.2) is 0 Å². The molecule has 5 atom stereocenters. The van der Waals surface area contributed by atoms with Crippen LogP contribution in [-0.2, 0) is 0 Å². The monoisotopic (exact) mass is 258 g/mol. The Bertz CT molecular complexity index is 244. The second-order valence-electron chi connectivity index (χ2n) is 6.16. The molecule has 0 aliphatic heterocycles. The summed E-state index contributed by atoms with van der Waals surface area (Å²) in [5, 5.41) is 20.4. The van der Waals surface area contributed by atoms with Gasteiger partial charge in [0.05, 0.1) is 12.2 Å². The van der Waals surface area contributed by atoms with Crippen molar-refractivity contribution in [2.75, 3.05) is 5.75 Å². The standard InChI is InChI=1S/C14H26O2S/c1-9(2)13-6-3-10(14(13)16)8-17-12-5-4-11(15)7-12/h9-16H,3-8H2,1-2H3. The Kier molecular flexibility index (Phi) is 4.79. The normalized spacial score (nSPS) is 42.5. The minimum Gasteiger partial charge on any atom is -0.393 e. The number of rotatable bonds is 4. The van der Waals surface area contributed by atoms with Gasteiger partial charge in [-0.15, -0.1) is 0 Å². The van der Waals surface area contributed by atoms with E-state index >= 15 is 0 Å². The van der Waals surface area contributed by atoms with Gasteiger partial charge in [0.15, 0.2) is 0 Å². The molecule has 0 aromatic rings. The van der Waals surface area contributed by atoms with Gasteiger partial charge in [-0.2, -0.15) is 11.8 Å². The van der Waals surface area contributed by atoms with E-state index in [-0.39, 0.29) is 12.2 Å². The molecule has 100 valence electrons. The van der Waals surface area contributed by atoms with E-state index in [1.807, 2.05) is 11.8 Å². The number of aliphatic hydroxyl groups excluding tert-OH is 2. The van der Waals surface area contributed by atoms with E-state index < -0.39 is 0 Å². The first-order chi connectivity index (χ1) is 8.08. The highest BCUT2D eigenvalue weighted by Crippen LogP contribution is 2.40. The van der Waals surface area contributed by atoms with E-state index in [0.717, 1.165) is 25.0 Å². The molecule has 17 heavy (non-hydrogen) atoms. The second-order valence-corrected chi connectivity index (χ2v) is 7.49. The molecule has 3 heteroatoms. The summed E-state index contributed by atoms with van der Waals surface area (Å²) in [6.45, 7) is 4.44. The van der Waals surface area contributed by atoms with Crippen molar-refractivity contribution in [3.8, 4) is 0 Å². The Hall–Kier alpha value is 0.270. The lowest BCUT2D eigenvalue weighted by molar-refractivity contribution is 0.0789. The molecular formula is C14H26O2S. The maximum absolute atomic E-state index is 10.3. The third-order valence-corrected chi connectivity index (χ3v) is 6.07. The van der Waals surface area contributed by atoms with Gasteiger partial charge in [-0.1, -0.05) is 13.8 Å². The molecule has 0 bridgehead atoms. The summed E-state index contributed by atoms with van der Waals surface area (Å²) in [4.78, 5) is 0. The molecule has 0 spiro atoms. The first-order valence-electron chi connectivity index (χ1n) is 7.05. The SMILES string of the molecule is CC(C)C1CCC(CSC2CCC(O)C2)C1O. The van der Waals surface area contributed by atoms with E-state index in [1.54, 1.807) is 0 Å². The van der Waals surface area contributed by atoms with E-state index in [2.05, 4.69) is 13.8 Å². The molecule has 2 aliphatic rings. The number of thioether (sulfide) groups is 1. The molecule has 0 aromatic carbocycles. The Morgan fingerprint density at radius 3 is 2.41 bits per heavy atom. The second kappa shape index (κ2) is 5.94.